The van der Waals surface area contributed by atoms with E-state index >= 15 is 0 Å². The Bertz CT molecular complexity index is 492. The Balaban J connectivity index is 2.72. The lowest BCUT2D eigenvalue weighted by Crippen LogP contribution is -2.24. The second-order valence-corrected chi connectivity index (χ2v) is 7.15. The number of hydrogen-bond donors (Lipinski definition) is 1. The molecule has 0 aliphatic heterocycles. The van der Waals surface area contributed by atoms with Gasteiger partial charge in [0.2, 0.25) is 10.0 Å². The van der Waals surface area contributed by atoms with Crippen LogP contribution in [0.2, 0.25) is 0 Å². The van der Waals surface area contributed by atoms with Crippen molar-refractivity contribution >= 4 is 21.4 Å². The SMILES string of the molecule is CCCCS(=O)(=O)Nc1ccc(N(CCC)CCC)cc1. The molecule has 0 atom stereocenters. The lowest BCUT2D eigenvalue weighted by Gasteiger charge is -2.24. The van der Waals surface area contributed by atoms with Gasteiger partial charge in [0.05, 0.1) is 5.75 Å². The summed E-state index contributed by atoms with van der Waals surface area (Å²) in [4.78, 5) is 2.33. The van der Waals surface area contributed by atoms with Crippen molar-refractivity contribution < 1.29 is 8.42 Å². The molecule has 0 bridgehead atoms. The van der Waals surface area contributed by atoms with Crippen molar-refractivity contribution in [3.05, 3.63) is 24.3 Å². The van der Waals surface area contributed by atoms with Crippen LogP contribution >= 0.6 is 0 Å². The first kappa shape index (κ1) is 17.8. The van der Waals surface area contributed by atoms with Crippen LogP contribution in [0.1, 0.15) is 46.5 Å². The smallest absolute Gasteiger partial charge is 0.232 e. The Morgan fingerprint density at radius 1 is 0.952 bits per heavy atom. The fraction of sp³-hybridized carbons (Fsp3) is 0.625. The average molecular weight is 312 g/mol. The lowest BCUT2D eigenvalue weighted by molar-refractivity contribution is 0.598. The highest BCUT2D eigenvalue weighted by molar-refractivity contribution is 7.92. The predicted octanol–water partition coefficient (Wildman–Crippen LogP) is 3.85. The molecule has 0 amide bonds. The van der Waals surface area contributed by atoms with Gasteiger partial charge in [-0.1, -0.05) is 27.2 Å². The van der Waals surface area contributed by atoms with Gasteiger partial charge in [0.25, 0.3) is 0 Å². The third-order valence-electron chi connectivity index (χ3n) is 3.26. The second kappa shape index (κ2) is 8.93. The monoisotopic (exact) mass is 312 g/mol. The Hall–Kier alpha value is -1.23. The zero-order valence-electron chi connectivity index (χ0n) is 13.4. The van der Waals surface area contributed by atoms with E-state index < -0.39 is 10.0 Å². The number of nitrogens with zero attached hydrogens (tertiary/aromatic N) is 1. The maximum atomic E-state index is 11.9. The molecule has 0 saturated heterocycles. The first-order valence-electron chi connectivity index (χ1n) is 7.87. The highest BCUT2D eigenvalue weighted by atomic mass is 32.2. The van der Waals surface area contributed by atoms with Crippen LogP contribution in [0.3, 0.4) is 0 Å². The topological polar surface area (TPSA) is 49.4 Å². The van der Waals surface area contributed by atoms with E-state index in [1.807, 2.05) is 31.2 Å². The summed E-state index contributed by atoms with van der Waals surface area (Å²) in [5, 5.41) is 0. The van der Waals surface area contributed by atoms with Crippen LogP contribution in [-0.4, -0.2) is 27.3 Å². The Morgan fingerprint density at radius 2 is 1.52 bits per heavy atom. The molecule has 1 aromatic carbocycles. The van der Waals surface area contributed by atoms with Crippen molar-refractivity contribution in [3.8, 4) is 0 Å². The molecular formula is C16H28N2O2S. The van der Waals surface area contributed by atoms with Gasteiger partial charge in [0.15, 0.2) is 0 Å². The van der Waals surface area contributed by atoms with Crippen LogP contribution in [0, 0.1) is 0 Å². The van der Waals surface area contributed by atoms with Gasteiger partial charge in [-0.05, 0) is 43.5 Å². The van der Waals surface area contributed by atoms with E-state index in [-0.39, 0.29) is 5.75 Å². The van der Waals surface area contributed by atoms with Crippen molar-refractivity contribution in [2.75, 3.05) is 28.5 Å². The summed E-state index contributed by atoms with van der Waals surface area (Å²) in [6, 6.07) is 7.67. The van der Waals surface area contributed by atoms with Crippen LogP contribution in [-0.2, 0) is 10.0 Å². The van der Waals surface area contributed by atoms with E-state index in [1.54, 1.807) is 0 Å². The largest absolute Gasteiger partial charge is 0.372 e. The van der Waals surface area contributed by atoms with E-state index in [9.17, 15) is 8.42 Å². The highest BCUT2D eigenvalue weighted by Gasteiger charge is 2.10. The molecule has 21 heavy (non-hydrogen) atoms. The molecule has 0 unspecified atom stereocenters. The van der Waals surface area contributed by atoms with Gasteiger partial charge in [-0.25, -0.2) is 8.42 Å². The van der Waals surface area contributed by atoms with E-state index in [1.165, 1.54) is 0 Å². The van der Waals surface area contributed by atoms with Gasteiger partial charge in [-0.15, -0.1) is 0 Å². The molecule has 0 fully saturated rings. The molecule has 0 saturated carbocycles. The third kappa shape index (κ3) is 6.38. The van der Waals surface area contributed by atoms with Crippen molar-refractivity contribution in [3.63, 3.8) is 0 Å². The van der Waals surface area contributed by atoms with E-state index in [4.69, 9.17) is 0 Å². The number of benzene rings is 1. The molecule has 1 aromatic rings. The van der Waals surface area contributed by atoms with Crippen molar-refractivity contribution in [1.82, 2.24) is 0 Å². The summed E-state index contributed by atoms with van der Waals surface area (Å²) in [6.07, 6.45) is 3.77. The number of hydrogen-bond acceptors (Lipinski definition) is 3. The first-order valence-corrected chi connectivity index (χ1v) is 9.53. The number of unbranched alkanes of at least 4 members (excludes halogenated alkanes) is 1. The Kier molecular flexibility index (Phi) is 7.57. The predicted molar refractivity (Wildman–Crippen MR) is 91.6 cm³/mol. The summed E-state index contributed by atoms with van der Waals surface area (Å²) >= 11 is 0. The number of sulfonamides is 1. The zero-order valence-corrected chi connectivity index (χ0v) is 14.2. The second-order valence-electron chi connectivity index (χ2n) is 5.31. The van der Waals surface area contributed by atoms with Crippen molar-refractivity contribution in [2.45, 2.75) is 46.5 Å². The van der Waals surface area contributed by atoms with Crippen LogP contribution in [0.4, 0.5) is 11.4 Å². The third-order valence-corrected chi connectivity index (χ3v) is 4.63. The van der Waals surface area contributed by atoms with Crippen molar-refractivity contribution in [1.29, 1.82) is 0 Å². The van der Waals surface area contributed by atoms with Gasteiger partial charge in [0.1, 0.15) is 0 Å². The van der Waals surface area contributed by atoms with Crippen LogP contribution < -0.4 is 9.62 Å². The number of rotatable bonds is 10. The standard InChI is InChI=1S/C16H28N2O2S/c1-4-7-14-21(19,20)17-15-8-10-16(11-9-15)18(12-5-2)13-6-3/h8-11,17H,4-7,12-14H2,1-3H3. The molecule has 0 aliphatic carbocycles. The van der Waals surface area contributed by atoms with Crippen LogP contribution in [0.5, 0.6) is 0 Å². The molecule has 0 heterocycles. The normalized spacial score (nSPS) is 11.4. The molecule has 5 heteroatoms. The van der Waals surface area contributed by atoms with E-state index in [0.29, 0.717) is 12.1 Å². The van der Waals surface area contributed by atoms with Crippen LogP contribution in [0.15, 0.2) is 24.3 Å². The minimum atomic E-state index is -3.21. The van der Waals surface area contributed by atoms with Crippen LogP contribution in [0.25, 0.3) is 0 Å². The molecule has 120 valence electrons. The summed E-state index contributed by atoms with van der Waals surface area (Å²) in [7, 11) is -3.21. The molecule has 0 aromatic heterocycles. The molecule has 1 rings (SSSR count). The van der Waals surface area contributed by atoms with Gasteiger partial charge in [-0.2, -0.15) is 0 Å². The molecule has 1 N–H and O–H groups in total. The maximum Gasteiger partial charge on any atom is 0.232 e. The van der Waals surface area contributed by atoms with Crippen molar-refractivity contribution in [2.24, 2.45) is 0 Å². The maximum absolute atomic E-state index is 11.9. The summed E-state index contributed by atoms with van der Waals surface area (Å²) in [6.45, 7) is 8.36. The summed E-state index contributed by atoms with van der Waals surface area (Å²) in [5.74, 6) is 0.184. The quantitative estimate of drug-likeness (QED) is 0.714. The Labute approximate surface area is 129 Å². The van der Waals surface area contributed by atoms with E-state index in [2.05, 4.69) is 23.5 Å². The summed E-state index contributed by atoms with van der Waals surface area (Å²) < 4.78 is 26.4. The van der Waals surface area contributed by atoms with Gasteiger partial charge >= 0.3 is 0 Å². The zero-order chi connectivity index (χ0) is 15.7. The van der Waals surface area contributed by atoms with Gasteiger partial charge in [-0.3, -0.25) is 4.72 Å². The summed E-state index contributed by atoms with van der Waals surface area (Å²) in [5.41, 5.74) is 1.79. The fourth-order valence-electron chi connectivity index (χ4n) is 2.22. The number of anilines is 2. The molecule has 0 spiro atoms. The van der Waals surface area contributed by atoms with Gasteiger partial charge in [0, 0.05) is 24.5 Å². The van der Waals surface area contributed by atoms with E-state index in [0.717, 1.165) is 38.0 Å². The average Bonchev–Trinajstić information content (AvgIpc) is 2.45. The van der Waals surface area contributed by atoms with Gasteiger partial charge < -0.3 is 4.90 Å². The molecule has 0 radical (unpaired) electrons. The molecule has 4 nitrogen and oxygen atoms in total. The fourth-order valence-corrected chi connectivity index (χ4v) is 3.48. The molecular weight excluding hydrogens is 284 g/mol. The number of nitrogens with one attached hydrogen (secondary N) is 1. The first-order chi connectivity index (χ1) is 10.0. The molecule has 0 aliphatic rings. The lowest BCUT2D eigenvalue weighted by atomic mass is 10.2. The Morgan fingerprint density at radius 3 is 2.00 bits per heavy atom. The minimum Gasteiger partial charge on any atom is -0.372 e. The highest BCUT2D eigenvalue weighted by Crippen LogP contribution is 2.19. The minimum absolute atomic E-state index is 0.184.